The van der Waals surface area contributed by atoms with Crippen molar-refractivity contribution in [2.45, 2.75) is 52.2 Å². The molecule has 0 saturated carbocycles. The number of ether oxygens (including phenoxy) is 2. The summed E-state index contributed by atoms with van der Waals surface area (Å²) in [5, 5.41) is 10.5. The number of nitrogens with zero attached hydrogens (tertiary/aromatic N) is 3. The lowest BCUT2D eigenvalue weighted by Crippen LogP contribution is -2.28. The number of nitrogens with two attached hydrogens (primary N) is 1. The van der Waals surface area contributed by atoms with Crippen LogP contribution in [-0.4, -0.2) is 57.4 Å². The highest BCUT2D eigenvalue weighted by Crippen LogP contribution is 2.31. The highest BCUT2D eigenvalue weighted by molar-refractivity contribution is 7.99. The average molecular weight is 482 g/mol. The van der Waals surface area contributed by atoms with Crippen LogP contribution >= 0.6 is 11.8 Å². The molecule has 0 aromatic carbocycles. The summed E-state index contributed by atoms with van der Waals surface area (Å²) in [6, 6.07) is -0.897. The van der Waals surface area contributed by atoms with Gasteiger partial charge in [-0.2, -0.15) is 0 Å². The molecular formula is C20H27N5O7S. The summed E-state index contributed by atoms with van der Waals surface area (Å²) in [7, 11) is 0. The van der Waals surface area contributed by atoms with Crippen LogP contribution in [0.15, 0.2) is 9.57 Å². The monoisotopic (exact) mass is 481 g/mol. The van der Waals surface area contributed by atoms with Crippen LogP contribution in [0.25, 0.3) is 0 Å². The number of carbonyl (C=O) groups excluding carboxylic acids is 4. The maximum absolute atomic E-state index is 13.2. The molecule has 0 fully saturated rings. The molecule has 1 atom stereocenters. The molecule has 1 amide bonds. The van der Waals surface area contributed by atoms with Crippen molar-refractivity contribution < 1.29 is 33.1 Å². The van der Waals surface area contributed by atoms with Crippen molar-refractivity contribution in [3.05, 3.63) is 16.9 Å². The number of hydrogen-bond donors (Lipinski definition) is 2. The van der Waals surface area contributed by atoms with E-state index in [-0.39, 0.29) is 59.3 Å². The first-order chi connectivity index (χ1) is 15.7. The molecule has 2 aromatic heterocycles. The lowest BCUT2D eigenvalue weighted by Gasteiger charge is -2.18. The summed E-state index contributed by atoms with van der Waals surface area (Å²) in [4.78, 5) is 49.4. The summed E-state index contributed by atoms with van der Waals surface area (Å²) in [5.74, 6) is -2.35. The first-order valence-electron chi connectivity index (χ1n) is 10.3. The normalized spacial score (nSPS) is 11.7. The summed E-state index contributed by atoms with van der Waals surface area (Å²) >= 11 is 1.02. The number of rotatable bonds is 11. The van der Waals surface area contributed by atoms with Crippen LogP contribution in [-0.2, 0) is 19.1 Å². The maximum atomic E-state index is 13.2. The number of esters is 2. The molecule has 2 rings (SSSR count). The van der Waals surface area contributed by atoms with Gasteiger partial charge in [-0.15, -0.1) is 10.2 Å². The number of aromatic nitrogens is 3. The maximum Gasteiger partial charge on any atom is 0.344 e. The highest BCUT2D eigenvalue weighted by Gasteiger charge is 2.32. The minimum atomic E-state index is -0.897. The van der Waals surface area contributed by atoms with Crippen molar-refractivity contribution in [2.24, 2.45) is 0 Å². The average Bonchev–Trinajstić information content (AvgIpc) is 3.27. The van der Waals surface area contributed by atoms with Crippen molar-refractivity contribution in [3.63, 3.8) is 0 Å². The number of nitrogens with one attached hydrogen (secondary N) is 1. The fourth-order valence-corrected chi connectivity index (χ4v) is 3.93. The smallest absolute Gasteiger partial charge is 0.344 e. The SMILES string of the molecule is CCOC(=O)CSc1nnc(N)n1C(CC)C(=O)Nc1oc(C)c(C(C)=O)c1C(=O)OCC. The molecule has 0 aliphatic rings. The van der Waals surface area contributed by atoms with E-state index in [1.54, 1.807) is 20.8 Å². The van der Waals surface area contributed by atoms with Gasteiger partial charge in [-0.05, 0) is 34.1 Å². The van der Waals surface area contributed by atoms with Crippen LogP contribution in [0.2, 0.25) is 0 Å². The van der Waals surface area contributed by atoms with E-state index in [0.717, 1.165) is 11.8 Å². The Balaban J connectivity index is 2.36. The lowest BCUT2D eigenvalue weighted by atomic mass is 10.1. The second kappa shape index (κ2) is 11.5. The van der Waals surface area contributed by atoms with Crippen LogP contribution in [0.4, 0.5) is 11.8 Å². The minimum Gasteiger partial charge on any atom is -0.465 e. The van der Waals surface area contributed by atoms with E-state index in [0.29, 0.717) is 0 Å². The summed E-state index contributed by atoms with van der Waals surface area (Å²) < 4.78 is 16.8. The van der Waals surface area contributed by atoms with E-state index in [9.17, 15) is 19.2 Å². The predicted molar refractivity (Wildman–Crippen MR) is 119 cm³/mol. The standard InChI is InChI=1S/C20H27N5O7S/c1-6-12(25-19(21)23-24-20(25)33-9-13(27)30-7-2)16(28)22-17-15(18(29)31-8-3)14(10(4)26)11(5)32-17/h12H,6-9H2,1-5H3,(H2,21,23)(H,22,28). The number of thioether (sulfide) groups is 1. The van der Waals surface area contributed by atoms with Crippen molar-refractivity contribution >= 4 is 47.2 Å². The van der Waals surface area contributed by atoms with Gasteiger partial charge in [0.1, 0.15) is 17.4 Å². The van der Waals surface area contributed by atoms with Gasteiger partial charge >= 0.3 is 11.9 Å². The third-order valence-corrected chi connectivity index (χ3v) is 5.39. The third-order valence-electron chi connectivity index (χ3n) is 4.47. The van der Waals surface area contributed by atoms with Gasteiger partial charge in [-0.25, -0.2) is 4.79 Å². The minimum absolute atomic E-state index is 0.0333. The Morgan fingerprint density at radius 2 is 1.79 bits per heavy atom. The number of amides is 1. The van der Waals surface area contributed by atoms with Crippen LogP contribution in [0.1, 0.15) is 66.6 Å². The Morgan fingerprint density at radius 1 is 1.12 bits per heavy atom. The first kappa shape index (κ1) is 25.9. The molecular weight excluding hydrogens is 454 g/mol. The lowest BCUT2D eigenvalue weighted by molar-refractivity contribution is -0.139. The van der Waals surface area contributed by atoms with Crippen LogP contribution in [0, 0.1) is 6.92 Å². The molecule has 13 heteroatoms. The number of Topliss-reactive ketones (excluding diaryl/α,β-unsaturated/α-hetero) is 1. The van der Waals surface area contributed by atoms with Gasteiger partial charge in [0.2, 0.25) is 17.7 Å². The Kier molecular flexibility index (Phi) is 9.02. The number of carbonyl (C=O) groups is 4. The molecule has 0 spiro atoms. The van der Waals surface area contributed by atoms with Crippen molar-refractivity contribution in [3.8, 4) is 0 Å². The summed E-state index contributed by atoms with van der Waals surface area (Å²) in [5.41, 5.74) is 5.82. The third kappa shape index (κ3) is 5.92. The molecule has 2 heterocycles. The number of aryl methyl sites for hydroxylation is 1. The Morgan fingerprint density at radius 3 is 2.36 bits per heavy atom. The summed E-state index contributed by atoms with van der Waals surface area (Å²) in [6.45, 7) is 8.16. The molecule has 33 heavy (non-hydrogen) atoms. The van der Waals surface area contributed by atoms with Gasteiger partial charge in [0, 0.05) is 0 Å². The molecule has 0 aliphatic carbocycles. The topological polar surface area (TPSA) is 169 Å². The fraction of sp³-hybridized carbons (Fsp3) is 0.500. The number of ketones is 1. The molecule has 0 saturated heterocycles. The van der Waals surface area contributed by atoms with E-state index in [4.69, 9.17) is 19.6 Å². The van der Waals surface area contributed by atoms with Crippen LogP contribution < -0.4 is 11.1 Å². The van der Waals surface area contributed by atoms with E-state index < -0.39 is 29.7 Å². The summed E-state index contributed by atoms with van der Waals surface area (Å²) in [6.07, 6.45) is 0.273. The second-order valence-corrected chi connectivity index (χ2v) is 7.67. The van der Waals surface area contributed by atoms with Crippen molar-refractivity contribution in [1.82, 2.24) is 14.8 Å². The van der Waals surface area contributed by atoms with Gasteiger partial charge < -0.3 is 19.6 Å². The fourth-order valence-electron chi connectivity index (χ4n) is 3.14. The van der Waals surface area contributed by atoms with Crippen LogP contribution in [0.3, 0.4) is 0 Å². The van der Waals surface area contributed by atoms with Crippen molar-refractivity contribution in [1.29, 1.82) is 0 Å². The Bertz CT molecular complexity index is 1050. The van der Waals surface area contributed by atoms with E-state index in [1.807, 2.05) is 0 Å². The van der Waals surface area contributed by atoms with Crippen LogP contribution in [0.5, 0.6) is 0 Å². The van der Waals surface area contributed by atoms with Gasteiger partial charge in [-0.1, -0.05) is 18.7 Å². The molecule has 3 N–H and O–H groups in total. The first-order valence-corrected chi connectivity index (χ1v) is 11.3. The number of anilines is 2. The zero-order valence-corrected chi connectivity index (χ0v) is 19.9. The van der Waals surface area contributed by atoms with E-state index in [2.05, 4.69) is 15.5 Å². The van der Waals surface area contributed by atoms with Gasteiger partial charge in [0.25, 0.3) is 0 Å². The van der Waals surface area contributed by atoms with Gasteiger partial charge in [0.15, 0.2) is 10.9 Å². The number of nitrogen functional groups attached to an aromatic ring is 1. The largest absolute Gasteiger partial charge is 0.465 e. The van der Waals surface area contributed by atoms with E-state index in [1.165, 1.54) is 18.4 Å². The molecule has 0 bridgehead atoms. The van der Waals surface area contributed by atoms with E-state index >= 15 is 0 Å². The quantitative estimate of drug-likeness (QED) is 0.274. The predicted octanol–water partition coefficient (Wildman–Crippen LogP) is 2.39. The number of furan rings is 1. The Hall–Kier alpha value is -3.35. The second-order valence-electron chi connectivity index (χ2n) is 6.73. The Labute approximate surface area is 194 Å². The van der Waals surface area contributed by atoms with Gasteiger partial charge in [-0.3, -0.25) is 24.3 Å². The number of hydrogen-bond acceptors (Lipinski definition) is 11. The molecule has 2 aromatic rings. The highest BCUT2D eigenvalue weighted by atomic mass is 32.2. The molecule has 12 nitrogen and oxygen atoms in total. The zero-order valence-electron chi connectivity index (χ0n) is 19.1. The molecule has 180 valence electrons. The molecule has 0 aliphatic heterocycles. The molecule has 0 radical (unpaired) electrons. The van der Waals surface area contributed by atoms with Gasteiger partial charge in [0.05, 0.1) is 24.5 Å². The zero-order chi connectivity index (χ0) is 24.7. The molecule has 1 unspecified atom stereocenters. The van der Waals surface area contributed by atoms with Crippen molar-refractivity contribution in [2.75, 3.05) is 30.0 Å².